The maximum absolute atomic E-state index is 13.9. The predicted molar refractivity (Wildman–Crippen MR) is 85.5 cm³/mol. The Labute approximate surface area is 141 Å². The number of carbonyl (C=O) groups excluding carboxylic acids is 2. The standard InChI is InChI=1S/C15H21FN2O5S/c1-5-18(6-2)24(21,22)11-7-8-13(16)12(9-11)15(20)23-10-14(19)17(3)4/h7-9H,5-6,10H2,1-4H3. The van der Waals surface area contributed by atoms with Crippen molar-refractivity contribution in [2.75, 3.05) is 33.8 Å². The normalized spacial score (nSPS) is 11.4. The summed E-state index contributed by atoms with van der Waals surface area (Å²) in [4.78, 5) is 24.4. The second-order valence-electron chi connectivity index (χ2n) is 5.10. The molecule has 0 aromatic heterocycles. The van der Waals surface area contributed by atoms with Crippen LogP contribution >= 0.6 is 0 Å². The van der Waals surface area contributed by atoms with E-state index in [1.807, 2.05) is 0 Å². The molecule has 0 aliphatic heterocycles. The van der Waals surface area contributed by atoms with E-state index in [-0.39, 0.29) is 18.0 Å². The molecular weight excluding hydrogens is 339 g/mol. The van der Waals surface area contributed by atoms with E-state index >= 15 is 0 Å². The van der Waals surface area contributed by atoms with Crippen LogP contribution in [0.15, 0.2) is 23.1 Å². The monoisotopic (exact) mass is 360 g/mol. The first-order chi connectivity index (χ1) is 11.1. The zero-order chi connectivity index (χ0) is 18.5. The summed E-state index contributed by atoms with van der Waals surface area (Å²) in [5.74, 6) is -2.49. The zero-order valence-corrected chi connectivity index (χ0v) is 14.9. The van der Waals surface area contributed by atoms with E-state index in [2.05, 4.69) is 0 Å². The SMILES string of the molecule is CCN(CC)S(=O)(=O)c1ccc(F)c(C(=O)OCC(=O)N(C)C)c1. The Morgan fingerprint density at radius 1 is 1.17 bits per heavy atom. The third kappa shape index (κ3) is 4.51. The molecule has 0 atom stereocenters. The van der Waals surface area contributed by atoms with E-state index in [1.54, 1.807) is 13.8 Å². The van der Waals surface area contributed by atoms with Crippen LogP contribution < -0.4 is 0 Å². The van der Waals surface area contributed by atoms with Gasteiger partial charge in [0.1, 0.15) is 5.82 Å². The molecule has 1 rings (SSSR count). The molecule has 1 aromatic rings. The summed E-state index contributed by atoms with van der Waals surface area (Å²) in [6, 6.07) is 2.90. The third-order valence-electron chi connectivity index (χ3n) is 3.33. The fraction of sp³-hybridized carbons (Fsp3) is 0.467. The van der Waals surface area contributed by atoms with Gasteiger partial charge in [-0.1, -0.05) is 13.8 Å². The Morgan fingerprint density at radius 2 is 1.75 bits per heavy atom. The average molecular weight is 360 g/mol. The quantitative estimate of drug-likeness (QED) is 0.680. The third-order valence-corrected chi connectivity index (χ3v) is 5.37. The van der Waals surface area contributed by atoms with Gasteiger partial charge < -0.3 is 9.64 Å². The second kappa shape index (κ2) is 8.20. The molecule has 1 aromatic carbocycles. The van der Waals surface area contributed by atoms with Crippen LogP contribution in [0, 0.1) is 5.82 Å². The van der Waals surface area contributed by atoms with Crippen molar-refractivity contribution < 1.29 is 27.1 Å². The number of hydrogen-bond acceptors (Lipinski definition) is 5. The van der Waals surface area contributed by atoms with Crippen molar-refractivity contribution in [1.29, 1.82) is 0 Å². The van der Waals surface area contributed by atoms with Crippen LogP contribution in [0.2, 0.25) is 0 Å². The van der Waals surface area contributed by atoms with Crippen LogP contribution in [-0.2, 0) is 19.6 Å². The van der Waals surface area contributed by atoms with Gasteiger partial charge in [-0.2, -0.15) is 4.31 Å². The van der Waals surface area contributed by atoms with Crippen molar-refractivity contribution in [2.45, 2.75) is 18.7 Å². The van der Waals surface area contributed by atoms with Gasteiger partial charge >= 0.3 is 5.97 Å². The van der Waals surface area contributed by atoms with E-state index in [0.717, 1.165) is 18.2 Å². The van der Waals surface area contributed by atoms with Crippen molar-refractivity contribution in [1.82, 2.24) is 9.21 Å². The van der Waals surface area contributed by atoms with Crippen molar-refractivity contribution in [3.63, 3.8) is 0 Å². The Morgan fingerprint density at radius 3 is 2.25 bits per heavy atom. The fourth-order valence-electron chi connectivity index (χ4n) is 1.87. The Bertz CT molecular complexity index is 715. The van der Waals surface area contributed by atoms with E-state index in [9.17, 15) is 22.4 Å². The Kier molecular flexibility index (Phi) is 6.85. The second-order valence-corrected chi connectivity index (χ2v) is 7.03. The molecule has 0 aliphatic rings. The minimum absolute atomic E-state index is 0.210. The topological polar surface area (TPSA) is 84.0 Å². The summed E-state index contributed by atoms with van der Waals surface area (Å²) in [6.45, 7) is 3.28. The van der Waals surface area contributed by atoms with E-state index in [4.69, 9.17) is 4.74 Å². The molecule has 0 radical (unpaired) electrons. The van der Waals surface area contributed by atoms with Crippen LogP contribution in [-0.4, -0.2) is 63.3 Å². The summed E-state index contributed by atoms with van der Waals surface area (Å²) >= 11 is 0. The molecule has 24 heavy (non-hydrogen) atoms. The molecule has 7 nitrogen and oxygen atoms in total. The van der Waals surface area contributed by atoms with E-state index in [0.29, 0.717) is 0 Å². The highest BCUT2D eigenvalue weighted by Gasteiger charge is 2.25. The first-order valence-electron chi connectivity index (χ1n) is 7.32. The minimum Gasteiger partial charge on any atom is -0.452 e. The number of nitrogens with zero attached hydrogens (tertiary/aromatic N) is 2. The van der Waals surface area contributed by atoms with Crippen molar-refractivity contribution in [3.8, 4) is 0 Å². The molecule has 0 saturated heterocycles. The van der Waals surface area contributed by atoms with Gasteiger partial charge in [0, 0.05) is 27.2 Å². The molecule has 0 N–H and O–H groups in total. The lowest BCUT2D eigenvalue weighted by atomic mass is 10.2. The van der Waals surface area contributed by atoms with Crippen LogP contribution in [0.5, 0.6) is 0 Å². The molecule has 134 valence electrons. The van der Waals surface area contributed by atoms with Crippen LogP contribution in [0.4, 0.5) is 4.39 Å². The number of amides is 1. The van der Waals surface area contributed by atoms with Gasteiger partial charge in [0.2, 0.25) is 10.0 Å². The van der Waals surface area contributed by atoms with Gasteiger partial charge in [-0.25, -0.2) is 17.6 Å². The highest BCUT2D eigenvalue weighted by atomic mass is 32.2. The highest BCUT2D eigenvalue weighted by Crippen LogP contribution is 2.20. The fourth-order valence-corrected chi connectivity index (χ4v) is 3.35. The zero-order valence-electron chi connectivity index (χ0n) is 14.1. The lowest BCUT2D eigenvalue weighted by Crippen LogP contribution is -2.31. The lowest BCUT2D eigenvalue weighted by molar-refractivity contribution is -0.131. The van der Waals surface area contributed by atoms with Gasteiger partial charge in [0.15, 0.2) is 6.61 Å². The number of halogens is 1. The number of esters is 1. The molecule has 0 saturated carbocycles. The largest absolute Gasteiger partial charge is 0.452 e. The molecule has 0 spiro atoms. The van der Waals surface area contributed by atoms with E-state index in [1.165, 1.54) is 23.3 Å². The van der Waals surface area contributed by atoms with Gasteiger partial charge in [0.25, 0.3) is 5.91 Å². The maximum atomic E-state index is 13.9. The molecule has 0 heterocycles. The van der Waals surface area contributed by atoms with Gasteiger partial charge in [-0.3, -0.25) is 4.79 Å². The average Bonchev–Trinajstić information content (AvgIpc) is 2.53. The number of sulfonamides is 1. The number of rotatable bonds is 7. The first kappa shape index (κ1) is 20.0. The van der Waals surface area contributed by atoms with Crippen molar-refractivity contribution in [2.24, 2.45) is 0 Å². The minimum atomic E-state index is -3.83. The van der Waals surface area contributed by atoms with Crippen LogP contribution in [0.3, 0.4) is 0 Å². The lowest BCUT2D eigenvalue weighted by Gasteiger charge is -2.18. The molecule has 9 heteroatoms. The number of benzene rings is 1. The van der Waals surface area contributed by atoms with Crippen molar-refractivity contribution in [3.05, 3.63) is 29.6 Å². The van der Waals surface area contributed by atoms with Crippen LogP contribution in [0.25, 0.3) is 0 Å². The van der Waals surface area contributed by atoms with Gasteiger partial charge in [-0.05, 0) is 18.2 Å². The molecule has 0 fully saturated rings. The summed E-state index contributed by atoms with van der Waals surface area (Å²) < 4.78 is 44.6. The molecule has 0 bridgehead atoms. The van der Waals surface area contributed by atoms with E-state index < -0.39 is 39.9 Å². The molecule has 0 aliphatic carbocycles. The number of hydrogen-bond donors (Lipinski definition) is 0. The first-order valence-corrected chi connectivity index (χ1v) is 8.76. The summed E-state index contributed by atoms with van der Waals surface area (Å²) in [7, 11) is -0.875. The highest BCUT2D eigenvalue weighted by molar-refractivity contribution is 7.89. The number of likely N-dealkylation sites (N-methyl/N-ethyl adjacent to an activating group) is 1. The van der Waals surface area contributed by atoms with Gasteiger partial charge in [-0.15, -0.1) is 0 Å². The molecule has 0 unspecified atom stereocenters. The molecule has 1 amide bonds. The predicted octanol–water partition coefficient (Wildman–Crippen LogP) is 1.10. The summed E-state index contributed by atoms with van der Waals surface area (Å²) in [5.41, 5.74) is -0.533. The van der Waals surface area contributed by atoms with Gasteiger partial charge in [0.05, 0.1) is 10.5 Å². The number of carbonyl (C=O) groups is 2. The smallest absolute Gasteiger partial charge is 0.341 e. The maximum Gasteiger partial charge on any atom is 0.341 e. The Balaban J connectivity index is 3.10. The Hall–Kier alpha value is -2.00. The van der Waals surface area contributed by atoms with Crippen molar-refractivity contribution >= 4 is 21.9 Å². The van der Waals surface area contributed by atoms with Crippen LogP contribution in [0.1, 0.15) is 24.2 Å². The molecular formula is C15H21FN2O5S. The summed E-state index contributed by atoms with van der Waals surface area (Å²) in [5, 5.41) is 0. The number of ether oxygens (including phenoxy) is 1. The summed E-state index contributed by atoms with van der Waals surface area (Å²) in [6.07, 6.45) is 0.